The van der Waals surface area contributed by atoms with Crippen LogP contribution < -0.4 is 10.6 Å². The Bertz CT molecular complexity index is 1270. The monoisotopic (exact) mass is 434 g/mol. The number of fused-ring (bicyclic) bond motifs is 3. The Hall–Kier alpha value is -2.36. The fraction of sp³-hybridized carbons (Fsp3) is 0.0417. The van der Waals surface area contributed by atoms with E-state index in [2.05, 4.69) is 23.6 Å². The predicted molar refractivity (Wildman–Crippen MR) is 129 cm³/mol. The fourth-order valence-electron chi connectivity index (χ4n) is 3.82. The fourth-order valence-corrected chi connectivity index (χ4v) is 8.65. The maximum atomic E-state index is 13.3. The van der Waals surface area contributed by atoms with Gasteiger partial charge in [-0.1, -0.05) is 0 Å². The van der Waals surface area contributed by atoms with Crippen LogP contribution in [0, 0.1) is 0 Å². The summed E-state index contributed by atoms with van der Waals surface area (Å²) in [5.74, 6) is 0.0106. The van der Waals surface area contributed by atoms with Crippen LogP contribution in [0.25, 0.3) is 20.2 Å². The molecule has 0 atom stereocenters. The van der Waals surface area contributed by atoms with E-state index in [1.54, 1.807) is 11.3 Å². The van der Waals surface area contributed by atoms with Gasteiger partial charge in [0.2, 0.25) is 0 Å². The molecule has 2 aromatic heterocycles. The topological polar surface area (TPSA) is 37.3 Å². The van der Waals surface area contributed by atoms with E-state index in [0.717, 1.165) is 25.6 Å². The molecule has 0 saturated heterocycles. The van der Waals surface area contributed by atoms with Crippen molar-refractivity contribution in [3.63, 3.8) is 0 Å². The van der Waals surface area contributed by atoms with Crippen LogP contribution in [0.2, 0.25) is 0 Å². The molecule has 5 rings (SSSR count). The van der Waals surface area contributed by atoms with Crippen molar-refractivity contribution in [1.82, 2.24) is 0 Å². The third kappa shape index (κ3) is 3.33. The molecule has 0 unspecified atom stereocenters. The van der Waals surface area contributed by atoms with E-state index < -0.39 is 7.49 Å². The average Bonchev–Trinajstić information content (AvgIpc) is 3.41. The van der Waals surface area contributed by atoms with Crippen LogP contribution in [0.5, 0.6) is 0 Å². The molecular formula is C24H19O2PS2. The molecule has 0 saturated carbocycles. The zero-order valence-electron chi connectivity index (χ0n) is 15.5. The van der Waals surface area contributed by atoms with E-state index in [0.29, 0.717) is 0 Å². The number of benzene rings is 3. The van der Waals surface area contributed by atoms with E-state index in [1.165, 1.54) is 21.4 Å². The summed E-state index contributed by atoms with van der Waals surface area (Å²) in [4.78, 5) is 25.9. The zero-order valence-corrected chi connectivity index (χ0v) is 18.2. The summed E-state index contributed by atoms with van der Waals surface area (Å²) in [6.07, 6.45) is 0.140. The molecule has 0 fully saturated rings. The molecule has 5 heteroatoms. The summed E-state index contributed by atoms with van der Waals surface area (Å²) in [5.41, 5.74) is 0. The van der Waals surface area contributed by atoms with Gasteiger partial charge in [-0.15, -0.1) is 0 Å². The standard InChI is InChI=1S/C24H19O2PS2/c25-21(24-15-20-19-13-14-28-22(19)11-12-23(20)29-24)16-27(26,17-7-3-1-4-8-17)18-9-5-2-6-10-18/h1-15,26-27H,16H2. The molecule has 144 valence electrons. The summed E-state index contributed by atoms with van der Waals surface area (Å²) in [6.45, 7) is 0. The van der Waals surface area contributed by atoms with Crippen LogP contribution in [-0.2, 0) is 0 Å². The molecule has 0 radical (unpaired) electrons. The van der Waals surface area contributed by atoms with Crippen molar-refractivity contribution < 1.29 is 9.69 Å². The van der Waals surface area contributed by atoms with Gasteiger partial charge in [0, 0.05) is 0 Å². The predicted octanol–water partition coefficient (Wildman–Crippen LogP) is 5.61. The average molecular weight is 435 g/mol. The molecule has 0 amide bonds. The van der Waals surface area contributed by atoms with Crippen LogP contribution in [0.4, 0.5) is 0 Å². The van der Waals surface area contributed by atoms with Crippen molar-refractivity contribution >= 4 is 66.7 Å². The molecule has 0 aliphatic heterocycles. The number of hydrogen-bond acceptors (Lipinski definition) is 4. The van der Waals surface area contributed by atoms with E-state index >= 15 is 0 Å². The quantitative estimate of drug-likeness (QED) is 0.289. The second-order valence-electron chi connectivity index (χ2n) is 7.11. The Morgan fingerprint density at radius 2 is 1.41 bits per heavy atom. The number of carbonyl (C=O) groups is 1. The van der Waals surface area contributed by atoms with Gasteiger partial charge in [-0.05, 0) is 0 Å². The first-order chi connectivity index (χ1) is 14.1. The van der Waals surface area contributed by atoms with Crippen LogP contribution in [-0.4, -0.2) is 16.8 Å². The van der Waals surface area contributed by atoms with Crippen LogP contribution in [0.3, 0.4) is 0 Å². The molecule has 1 N–H and O–H groups in total. The van der Waals surface area contributed by atoms with Gasteiger partial charge in [-0.3, -0.25) is 0 Å². The van der Waals surface area contributed by atoms with E-state index in [-0.39, 0.29) is 11.9 Å². The van der Waals surface area contributed by atoms with E-state index in [9.17, 15) is 9.69 Å². The first-order valence-electron chi connectivity index (χ1n) is 9.41. The van der Waals surface area contributed by atoms with Crippen LogP contribution in [0.15, 0.2) is 90.3 Å². The molecule has 5 aromatic rings. The SMILES string of the molecule is O=C(C[PH](O)(c1ccccc1)c1ccccc1)c1cc2c(ccc3sccc32)s1. The van der Waals surface area contributed by atoms with E-state index in [1.807, 2.05) is 66.7 Å². The summed E-state index contributed by atoms with van der Waals surface area (Å²) >= 11 is 3.23. The Labute approximate surface area is 177 Å². The van der Waals surface area contributed by atoms with Crippen LogP contribution in [0.1, 0.15) is 9.67 Å². The second kappa shape index (κ2) is 7.47. The Morgan fingerprint density at radius 1 is 0.793 bits per heavy atom. The molecule has 0 spiro atoms. The molecule has 2 heterocycles. The Morgan fingerprint density at radius 3 is 2.07 bits per heavy atom. The van der Waals surface area contributed by atoms with Crippen molar-refractivity contribution in [3.8, 4) is 0 Å². The Balaban J connectivity index is 1.57. The minimum absolute atomic E-state index is 0.0106. The zero-order chi connectivity index (χ0) is 19.8. The van der Waals surface area contributed by atoms with Crippen molar-refractivity contribution in [2.75, 3.05) is 6.16 Å². The molecular weight excluding hydrogens is 415 g/mol. The molecule has 0 bridgehead atoms. The number of thiophene rings is 2. The maximum absolute atomic E-state index is 13.3. The van der Waals surface area contributed by atoms with Crippen molar-refractivity contribution in [2.24, 2.45) is 0 Å². The number of hydrogen-bond donors (Lipinski definition) is 1. The van der Waals surface area contributed by atoms with Crippen LogP contribution >= 0.6 is 30.2 Å². The molecule has 0 aliphatic rings. The van der Waals surface area contributed by atoms with Gasteiger partial charge in [0.15, 0.2) is 0 Å². The first kappa shape index (κ1) is 18.7. The number of carbonyl (C=O) groups excluding carboxylic acids is 1. The Kier molecular flexibility index (Phi) is 4.81. The van der Waals surface area contributed by atoms with Crippen molar-refractivity contribution in [3.05, 3.63) is 95.2 Å². The summed E-state index contributed by atoms with van der Waals surface area (Å²) < 4.78 is 2.35. The number of ketones is 1. The third-order valence-corrected chi connectivity index (χ3v) is 10.8. The van der Waals surface area contributed by atoms with Gasteiger partial charge >= 0.3 is 178 Å². The minimum atomic E-state index is -3.18. The second-order valence-corrected chi connectivity index (χ2v) is 12.4. The van der Waals surface area contributed by atoms with Gasteiger partial charge in [0.1, 0.15) is 0 Å². The van der Waals surface area contributed by atoms with Gasteiger partial charge < -0.3 is 0 Å². The van der Waals surface area contributed by atoms with E-state index in [4.69, 9.17) is 0 Å². The first-order valence-corrected chi connectivity index (χ1v) is 13.3. The van der Waals surface area contributed by atoms with Crippen molar-refractivity contribution in [2.45, 2.75) is 0 Å². The molecule has 0 aliphatic carbocycles. The van der Waals surface area contributed by atoms with Gasteiger partial charge in [0.05, 0.1) is 0 Å². The molecule has 3 aromatic carbocycles. The molecule has 29 heavy (non-hydrogen) atoms. The summed E-state index contributed by atoms with van der Waals surface area (Å²) in [6, 6.07) is 27.6. The normalized spacial score (nSPS) is 12.4. The summed E-state index contributed by atoms with van der Waals surface area (Å²) in [7, 11) is -3.18. The number of Topliss-reactive ketones (excluding diaryl/α,β-unsaturated/α-hetero) is 1. The molecule has 2 nitrogen and oxygen atoms in total. The van der Waals surface area contributed by atoms with Crippen molar-refractivity contribution in [1.29, 1.82) is 0 Å². The number of rotatable bonds is 5. The summed E-state index contributed by atoms with van der Waals surface area (Å²) in [5, 5.41) is 6.13. The van der Waals surface area contributed by atoms with Gasteiger partial charge in [-0.2, -0.15) is 0 Å². The van der Waals surface area contributed by atoms with Gasteiger partial charge in [0.25, 0.3) is 0 Å². The third-order valence-electron chi connectivity index (χ3n) is 5.33. The van der Waals surface area contributed by atoms with Gasteiger partial charge in [-0.25, -0.2) is 0 Å².